The number of likely N-dealkylation sites (N-methyl/N-ethyl adjacent to an activating group) is 1. The Labute approximate surface area is 134 Å². The van der Waals surface area contributed by atoms with Gasteiger partial charge < -0.3 is 5.32 Å². The first kappa shape index (κ1) is 17.5. The number of benzene rings is 1. The van der Waals surface area contributed by atoms with Gasteiger partial charge in [-0.3, -0.25) is 10.1 Å². The van der Waals surface area contributed by atoms with Crippen LogP contribution in [0.15, 0.2) is 22.7 Å². The van der Waals surface area contributed by atoms with Gasteiger partial charge in [-0.15, -0.1) is 0 Å². The maximum absolute atomic E-state index is 11.9. The van der Waals surface area contributed by atoms with E-state index >= 15 is 0 Å². The average Bonchev–Trinajstić information content (AvgIpc) is 2.36. The van der Waals surface area contributed by atoms with E-state index in [2.05, 4.69) is 40.4 Å². The highest BCUT2D eigenvalue weighted by Crippen LogP contribution is 2.27. The zero-order valence-electron chi connectivity index (χ0n) is 12.3. The molecule has 0 saturated carbocycles. The van der Waals surface area contributed by atoms with Gasteiger partial charge in [0.15, 0.2) is 0 Å². The minimum atomic E-state index is -0.213. The average molecular weight is 362 g/mol. The van der Waals surface area contributed by atoms with Gasteiger partial charge >= 0.3 is 0 Å². The molecule has 0 heterocycles. The fraction of sp³-hybridized carbons (Fsp3) is 0.533. The number of hydrogen-bond donors (Lipinski definition) is 2. The molecular formula is C15H22BrClN2O. The highest BCUT2D eigenvalue weighted by Gasteiger charge is 2.22. The number of rotatable bonds is 6. The number of hydrogen-bond acceptors (Lipinski definition) is 2. The number of amides is 1. The van der Waals surface area contributed by atoms with Crippen molar-refractivity contribution in [2.75, 3.05) is 7.05 Å². The second kappa shape index (κ2) is 8.01. The number of carbonyl (C=O) groups excluding carboxylic acids is 1. The molecule has 2 unspecified atom stereocenters. The van der Waals surface area contributed by atoms with Crippen molar-refractivity contribution in [1.29, 1.82) is 0 Å². The molecule has 1 aromatic carbocycles. The van der Waals surface area contributed by atoms with Crippen molar-refractivity contribution in [3.8, 4) is 0 Å². The van der Waals surface area contributed by atoms with Gasteiger partial charge in [-0.1, -0.05) is 47.4 Å². The molecule has 2 N–H and O–H groups in total. The summed E-state index contributed by atoms with van der Waals surface area (Å²) in [6, 6.07) is 5.59. The molecule has 112 valence electrons. The van der Waals surface area contributed by atoms with Crippen molar-refractivity contribution in [3.05, 3.63) is 33.3 Å². The minimum absolute atomic E-state index is 0.0108. The lowest BCUT2D eigenvalue weighted by molar-refractivity contribution is -0.123. The Bertz CT molecular complexity index is 465. The van der Waals surface area contributed by atoms with Crippen LogP contribution in [0.3, 0.4) is 0 Å². The molecule has 0 aromatic heterocycles. The Kier molecular flexibility index (Phi) is 7.00. The van der Waals surface area contributed by atoms with E-state index in [4.69, 9.17) is 11.6 Å². The molecule has 0 fully saturated rings. The van der Waals surface area contributed by atoms with E-state index in [0.717, 1.165) is 16.5 Å². The predicted octanol–water partition coefficient (Wildman–Crippen LogP) is 3.91. The van der Waals surface area contributed by atoms with Crippen LogP contribution in [-0.2, 0) is 4.79 Å². The van der Waals surface area contributed by atoms with Crippen LogP contribution in [-0.4, -0.2) is 19.0 Å². The van der Waals surface area contributed by atoms with E-state index in [-0.39, 0.29) is 18.0 Å². The Hall–Kier alpha value is -0.580. The Morgan fingerprint density at radius 1 is 1.35 bits per heavy atom. The minimum Gasteiger partial charge on any atom is -0.358 e. The monoisotopic (exact) mass is 360 g/mol. The first-order valence-corrected chi connectivity index (χ1v) is 7.94. The van der Waals surface area contributed by atoms with Gasteiger partial charge in [0.25, 0.3) is 0 Å². The van der Waals surface area contributed by atoms with Crippen LogP contribution in [0, 0.1) is 5.92 Å². The van der Waals surface area contributed by atoms with Crippen LogP contribution in [0.1, 0.15) is 38.8 Å². The summed E-state index contributed by atoms with van der Waals surface area (Å²) in [7, 11) is 1.66. The molecule has 2 atom stereocenters. The maximum atomic E-state index is 11.9. The van der Waals surface area contributed by atoms with Crippen LogP contribution in [0.25, 0.3) is 0 Å². The summed E-state index contributed by atoms with van der Waals surface area (Å²) < 4.78 is 0.948. The summed E-state index contributed by atoms with van der Waals surface area (Å²) >= 11 is 9.65. The molecule has 3 nitrogen and oxygen atoms in total. The molecule has 1 aromatic rings. The van der Waals surface area contributed by atoms with E-state index in [9.17, 15) is 4.79 Å². The van der Waals surface area contributed by atoms with Gasteiger partial charge in [0.1, 0.15) is 0 Å². The van der Waals surface area contributed by atoms with Gasteiger partial charge in [-0.25, -0.2) is 0 Å². The molecule has 0 aliphatic rings. The topological polar surface area (TPSA) is 41.1 Å². The van der Waals surface area contributed by atoms with E-state index in [1.54, 1.807) is 7.05 Å². The van der Waals surface area contributed by atoms with Crippen molar-refractivity contribution in [2.24, 2.45) is 5.92 Å². The van der Waals surface area contributed by atoms with Gasteiger partial charge in [0.05, 0.1) is 6.04 Å². The number of nitrogens with one attached hydrogen (secondary N) is 2. The maximum Gasteiger partial charge on any atom is 0.236 e. The Balaban J connectivity index is 2.84. The van der Waals surface area contributed by atoms with Crippen molar-refractivity contribution >= 4 is 33.4 Å². The van der Waals surface area contributed by atoms with Gasteiger partial charge in [-0.2, -0.15) is 0 Å². The van der Waals surface area contributed by atoms with E-state index in [1.165, 1.54) is 0 Å². The van der Waals surface area contributed by atoms with Crippen LogP contribution in [0.2, 0.25) is 5.02 Å². The van der Waals surface area contributed by atoms with Crippen molar-refractivity contribution in [1.82, 2.24) is 10.6 Å². The SMILES string of the molecule is CNC(=O)C(CC(C)C)NC(C)c1ccc(Br)cc1Cl. The first-order chi connectivity index (χ1) is 9.35. The second-order valence-corrected chi connectivity index (χ2v) is 6.67. The third kappa shape index (κ3) is 5.08. The predicted molar refractivity (Wildman–Crippen MR) is 88.0 cm³/mol. The Morgan fingerprint density at radius 3 is 2.50 bits per heavy atom. The third-order valence-electron chi connectivity index (χ3n) is 3.15. The lowest BCUT2D eigenvalue weighted by Gasteiger charge is -2.24. The number of halogens is 2. The first-order valence-electron chi connectivity index (χ1n) is 6.77. The summed E-state index contributed by atoms with van der Waals surface area (Å²) in [6.45, 7) is 6.23. The Morgan fingerprint density at radius 2 is 2.00 bits per heavy atom. The zero-order chi connectivity index (χ0) is 15.3. The molecular weight excluding hydrogens is 340 g/mol. The second-order valence-electron chi connectivity index (χ2n) is 5.35. The molecule has 1 rings (SSSR count). The third-order valence-corrected chi connectivity index (χ3v) is 3.97. The summed E-state index contributed by atoms with van der Waals surface area (Å²) in [5, 5.41) is 6.77. The highest BCUT2D eigenvalue weighted by atomic mass is 79.9. The summed E-state index contributed by atoms with van der Waals surface area (Å²) in [5.74, 6) is 0.455. The lowest BCUT2D eigenvalue weighted by Crippen LogP contribution is -2.44. The smallest absolute Gasteiger partial charge is 0.236 e. The quantitative estimate of drug-likeness (QED) is 0.806. The summed E-state index contributed by atoms with van der Waals surface area (Å²) in [5.41, 5.74) is 0.993. The van der Waals surface area contributed by atoms with Gasteiger partial charge in [-0.05, 0) is 37.0 Å². The van der Waals surface area contributed by atoms with E-state index in [0.29, 0.717) is 10.9 Å². The highest BCUT2D eigenvalue weighted by molar-refractivity contribution is 9.10. The summed E-state index contributed by atoms with van der Waals surface area (Å²) in [4.78, 5) is 11.9. The van der Waals surface area contributed by atoms with Crippen molar-refractivity contribution < 1.29 is 4.79 Å². The van der Waals surface area contributed by atoms with E-state index in [1.807, 2.05) is 25.1 Å². The fourth-order valence-electron chi connectivity index (χ4n) is 2.14. The molecule has 0 aliphatic carbocycles. The van der Waals surface area contributed by atoms with Crippen LogP contribution in [0.5, 0.6) is 0 Å². The number of carbonyl (C=O) groups is 1. The van der Waals surface area contributed by atoms with Crippen LogP contribution in [0.4, 0.5) is 0 Å². The van der Waals surface area contributed by atoms with Gasteiger partial charge in [0, 0.05) is 22.6 Å². The molecule has 0 saturated heterocycles. The normalized spacial score (nSPS) is 14.2. The molecule has 1 amide bonds. The standard InChI is InChI=1S/C15H22BrClN2O/c1-9(2)7-14(15(20)18-4)19-10(3)12-6-5-11(16)8-13(12)17/h5-6,8-10,14,19H,7H2,1-4H3,(H,18,20). The molecule has 0 bridgehead atoms. The van der Waals surface area contributed by atoms with Gasteiger partial charge in [0.2, 0.25) is 5.91 Å². The van der Waals surface area contributed by atoms with E-state index < -0.39 is 0 Å². The zero-order valence-corrected chi connectivity index (χ0v) is 14.7. The van der Waals surface area contributed by atoms with Crippen molar-refractivity contribution in [2.45, 2.75) is 39.3 Å². The molecule has 0 radical (unpaired) electrons. The van der Waals surface area contributed by atoms with Crippen molar-refractivity contribution in [3.63, 3.8) is 0 Å². The summed E-state index contributed by atoms with van der Waals surface area (Å²) in [6.07, 6.45) is 0.790. The van der Waals surface area contributed by atoms with Crippen LogP contribution < -0.4 is 10.6 Å². The fourth-order valence-corrected chi connectivity index (χ4v) is 2.98. The molecule has 5 heteroatoms. The molecule has 20 heavy (non-hydrogen) atoms. The van der Waals surface area contributed by atoms with Crippen LogP contribution >= 0.6 is 27.5 Å². The molecule has 0 aliphatic heterocycles. The molecule has 0 spiro atoms. The largest absolute Gasteiger partial charge is 0.358 e. The lowest BCUT2D eigenvalue weighted by atomic mass is 10.0.